The van der Waals surface area contributed by atoms with Crippen LogP contribution in [0, 0.1) is 0 Å². The molecule has 3 aromatic carbocycles. The third-order valence-electron chi connectivity index (χ3n) is 6.86. The lowest BCUT2D eigenvalue weighted by atomic mass is 10.0. The summed E-state index contributed by atoms with van der Waals surface area (Å²) in [6.45, 7) is 4.93. The number of hydrogen-bond donors (Lipinski definition) is 1. The zero-order valence-corrected chi connectivity index (χ0v) is 25.2. The molecule has 1 atom stereocenters. The van der Waals surface area contributed by atoms with Gasteiger partial charge in [0, 0.05) is 38.0 Å². The number of nitrogens with one attached hydrogen (secondary N) is 1. The van der Waals surface area contributed by atoms with Crippen LogP contribution >= 0.6 is 0 Å². The molecule has 3 aromatic rings. The maximum Gasteiger partial charge on any atom is 0.243 e. The largest absolute Gasteiger partial charge is 0.486 e. The van der Waals surface area contributed by atoms with E-state index in [-0.39, 0.29) is 43.8 Å². The van der Waals surface area contributed by atoms with E-state index in [0.717, 1.165) is 17.4 Å². The van der Waals surface area contributed by atoms with E-state index >= 15 is 0 Å². The van der Waals surface area contributed by atoms with Crippen molar-refractivity contribution in [3.63, 3.8) is 0 Å². The standard InChI is InChI=1S/C32H39N3O6S/c1-24(2)33-32(37)28(21-25-11-6-4-7-12-25)34(23-26-13-8-5-9-14-26)31(36)15-10-18-35(42(3,38)39)27-16-17-29-30(22-27)41-20-19-40-29/h4-9,11-14,16-17,22,24,28H,10,15,18-21,23H2,1-3H3,(H,33,37)/t28-/m1/s1. The van der Waals surface area contributed by atoms with Crippen molar-refractivity contribution in [2.24, 2.45) is 0 Å². The molecule has 0 saturated heterocycles. The van der Waals surface area contributed by atoms with Gasteiger partial charge in [0.05, 0.1) is 11.9 Å². The van der Waals surface area contributed by atoms with Gasteiger partial charge in [0.25, 0.3) is 0 Å². The molecule has 1 N–H and O–H groups in total. The Balaban J connectivity index is 1.55. The van der Waals surface area contributed by atoms with Crippen LogP contribution in [0.15, 0.2) is 78.9 Å². The van der Waals surface area contributed by atoms with E-state index in [4.69, 9.17) is 9.47 Å². The van der Waals surface area contributed by atoms with Gasteiger partial charge in [0.2, 0.25) is 21.8 Å². The molecule has 224 valence electrons. The van der Waals surface area contributed by atoms with Crippen LogP contribution in [0.5, 0.6) is 11.5 Å². The monoisotopic (exact) mass is 593 g/mol. The number of hydrogen-bond acceptors (Lipinski definition) is 6. The van der Waals surface area contributed by atoms with Crippen molar-refractivity contribution >= 4 is 27.5 Å². The maximum atomic E-state index is 13.9. The summed E-state index contributed by atoms with van der Waals surface area (Å²) in [6, 6.07) is 23.3. The van der Waals surface area contributed by atoms with Crippen molar-refractivity contribution in [3.8, 4) is 11.5 Å². The molecule has 0 aromatic heterocycles. The Morgan fingerprint density at radius 1 is 0.881 bits per heavy atom. The molecule has 0 bridgehead atoms. The third-order valence-corrected chi connectivity index (χ3v) is 8.06. The first kappa shape index (κ1) is 30.9. The number of carbonyl (C=O) groups is 2. The Hall–Kier alpha value is -4.05. The van der Waals surface area contributed by atoms with Crippen LogP contribution in [0.2, 0.25) is 0 Å². The molecular formula is C32H39N3O6S. The fourth-order valence-electron chi connectivity index (χ4n) is 4.91. The topological polar surface area (TPSA) is 105 Å². The van der Waals surface area contributed by atoms with E-state index < -0.39 is 16.1 Å². The number of amides is 2. The summed E-state index contributed by atoms with van der Waals surface area (Å²) >= 11 is 0. The van der Waals surface area contributed by atoms with Gasteiger partial charge in [-0.3, -0.25) is 13.9 Å². The second-order valence-electron chi connectivity index (χ2n) is 10.6. The highest BCUT2D eigenvalue weighted by Gasteiger charge is 2.31. The molecule has 0 fully saturated rings. The number of carbonyl (C=O) groups excluding carboxylic acids is 2. The molecule has 1 aliphatic heterocycles. The molecule has 42 heavy (non-hydrogen) atoms. The van der Waals surface area contributed by atoms with Gasteiger partial charge in [-0.25, -0.2) is 8.42 Å². The summed E-state index contributed by atoms with van der Waals surface area (Å²) in [6.07, 6.45) is 1.81. The van der Waals surface area contributed by atoms with E-state index in [1.165, 1.54) is 4.31 Å². The number of nitrogens with zero attached hydrogens (tertiary/aromatic N) is 2. The summed E-state index contributed by atoms with van der Waals surface area (Å²) in [5.41, 5.74) is 2.28. The van der Waals surface area contributed by atoms with Gasteiger partial charge in [-0.05, 0) is 43.5 Å². The third kappa shape index (κ3) is 8.48. The van der Waals surface area contributed by atoms with Crippen molar-refractivity contribution in [2.75, 3.05) is 30.3 Å². The molecule has 10 heteroatoms. The smallest absolute Gasteiger partial charge is 0.243 e. The summed E-state index contributed by atoms with van der Waals surface area (Å²) in [4.78, 5) is 29.0. The quantitative estimate of drug-likeness (QED) is 0.319. The van der Waals surface area contributed by atoms with Gasteiger partial charge < -0.3 is 19.7 Å². The molecule has 0 radical (unpaired) electrons. The van der Waals surface area contributed by atoms with Gasteiger partial charge in [0.15, 0.2) is 11.5 Å². The van der Waals surface area contributed by atoms with Crippen molar-refractivity contribution in [2.45, 2.75) is 51.7 Å². The predicted octanol–water partition coefficient (Wildman–Crippen LogP) is 4.17. The van der Waals surface area contributed by atoms with Gasteiger partial charge in [-0.2, -0.15) is 0 Å². The Labute approximate surface area is 248 Å². The number of benzene rings is 3. The van der Waals surface area contributed by atoms with Crippen LogP contribution in [0.1, 0.15) is 37.8 Å². The lowest BCUT2D eigenvalue weighted by Crippen LogP contribution is -2.51. The van der Waals surface area contributed by atoms with Crippen LogP contribution in [-0.2, 0) is 32.6 Å². The summed E-state index contributed by atoms with van der Waals surface area (Å²) in [7, 11) is -3.65. The Bertz CT molecular complexity index is 1450. The van der Waals surface area contributed by atoms with E-state index in [0.29, 0.717) is 36.8 Å². The maximum absolute atomic E-state index is 13.9. The van der Waals surface area contributed by atoms with E-state index in [9.17, 15) is 18.0 Å². The van der Waals surface area contributed by atoms with E-state index in [1.54, 1.807) is 23.1 Å². The van der Waals surface area contributed by atoms with Gasteiger partial charge in [-0.15, -0.1) is 0 Å². The number of anilines is 1. The van der Waals surface area contributed by atoms with Crippen LogP contribution in [0.4, 0.5) is 5.69 Å². The fraction of sp³-hybridized carbons (Fsp3) is 0.375. The molecule has 1 aliphatic rings. The number of fused-ring (bicyclic) bond motifs is 1. The second kappa shape index (κ2) is 14.2. The lowest BCUT2D eigenvalue weighted by molar-refractivity contribution is -0.141. The Kier molecular flexibility index (Phi) is 10.5. The first-order valence-electron chi connectivity index (χ1n) is 14.2. The molecule has 0 saturated carbocycles. The minimum Gasteiger partial charge on any atom is -0.486 e. The highest BCUT2D eigenvalue weighted by atomic mass is 32.2. The van der Waals surface area contributed by atoms with Crippen molar-refractivity contribution in [3.05, 3.63) is 90.0 Å². The van der Waals surface area contributed by atoms with Crippen molar-refractivity contribution in [1.82, 2.24) is 10.2 Å². The molecule has 9 nitrogen and oxygen atoms in total. The molecule has 0 unspecified atom stereocenters. The molecule has 2 amide bonds. The zero-order chi connectivity index (χ0) is 30.1. The van der Waals surface area contributed by atoms with Crippen LogP contribution in [-0.4, -0.2) is 63.2 Å². The SMILES string of the molecule is CC(C)NC(=O)[C@@H](Cc1ccccc1)N(Cc1ccccc1)C(=O)CCCN(c1ccc2c(c1)OCCO2)S(C)(=O)=O. The zero-order valence-electron chi connectivity index (χ0n) is 24.4. The first-order valence-corrected chi connectivity index (χ1v) is 16.0. The molecule has 0 aliphatic carbocycles. The van der Waals surface area contributed by atoms with Crippen LogP contribution in [0.25, 0.3) is 0 Å². The lowest BCUT2D eigenvalue weighted by Gasteiger charge is -2.32. The van der Waals surface area contributed by atoms with Gasteiger partial charge in [-0.1, -0.05) is 60.7 Å². The van der Waals surface area contributed by atoms with Gasteiger partial charge >= 0.3 is 0 Å². The minimum atomic E-state index is -3.65. The Morgan fingerprint density at radius 2 is 1.50 bits per heavy atom. The average Bonchev–Trinajstić information content (AvgIpc) is 2.97. The summed E-state index contributed by atoms with van der Waals surface area (Å²) in [5, 5.41) is 2.98. The van der Waals surface area contributed by atoms with Crippen LogP contribution < -0.4 is 19.1 Å². The van der Waals surface area contributed by atoms with Gasteiger partial charge in [0.1, 0.15) is 19.3 Å². The summed E-state index contributed by atoms with van der Waals surface area (Å²) in [5.74, 6) is 0.591. The first-order chi connectivity index (χ1) is 20.1. The average molecular weight is 594 g/mol. The van der Waals surface area contributed by atoms with E-state index in [2.05, 4.69) is 5.32 Å². The van der Waals surface area contributed by atoms with Crippen molar-refractivity contribution in [1.29, 1.82) is 0 Å². The summed E-state index contributed by atoms with van der Waals surface area (Å²) < 4.78 is 38.0. The highest BCUT2D eigenvalue weighted by molar-refractivity contribution is 7.92. The van der Waals surface area contributed by atoms with Crippen LogP contribution in [0.3, 0.4) is 0 Å². The minimum absolute atomic E-state index is 0.0592. The number of rotatable bonds is 13. The second-order valence-corrected chi connectivity index (χ2v) is 12.5. The molecule has 1 heterocycles. The fourth-order valence-corrected chi connectivity index (χ4v) is 5.86. The molecule has 0 spiro atoms. The normalized spacial score (nSPS) is 13.3. The predicted molar refractivity (Wildman–Crippen MR) is 163 cm³/mol. The molecular weight excluding hydrogens is 554 g/mol. The molecule has 4 rings (SSSR count). The number of sulfonamides is 1. The van der Waals surface area contributed by atoms with Crippen molar-refractivity contribution < 1.29 is 27.5 Å². The highest BCUT2D eigenvalue weighted by Crippen LogP contribution is 2.34. The van der Waals surface area contributed by atoms with E-state index in [1.807, 2.05) is 74.5 Å². The Morgan fingerprint density at radius 3 is 2.12 bits per heavy atom. The number of ether oxygens (including phenoxy) is 2.